The van der Waals surface area contributed by atoms with Gasteiger partial charge in [-0.3, -0.25) is 9.78 Å². The number of hydrogen-bond acceptors (Lipinski definition) is 5. The predicted molar refractivity (Wildman–Crippen MR) is 111 cm³/mol. The molecule has 2 N–H and O–H groups in total. The Labute approximate surface area is 174 Å². The fourth-order valence-electron chi connectivity index (χ4n) is 4.40. The van der Waals surface area contributed by atoms with Crippen LogP contribution >= 0.6 is 11.6 Å². The standard InChI is InChI=1S/C22H22ClN3O3/c23-14-8-13-9-20(22(28)26-7-6-24-15(11-26)12-27)29-21(13)18(10-14)16-4-5-25-19-3-1-2-17(16)19/h1-2,4-5,8,10,15,20,24,27H,3,6-7,9,11-12H2/t15-,20?/m0/s1. The van der Waals surface area contributed by atoms with Crippen LogP contribution in [0.4, 0.5) is 0 Å². The Hall–Kier alpha value is -2.41. The molecule has 1 aromatic heterocycles. The van der Waals surface area contributed by atoms with Crippen LogP contribution in [0.25, 0.3) is 17.2 Å². The van der Waals surface area contributed by atoms with Crippen molar-refractivity contribution in [1.82, 2.24) is 15.2 Å². The number of aromatic nitrogens is 1. The number of aliphatic hydroxyl groups excluding tert-OH is 1. The van der Waals surface area contributed by atoms with Crippen molar-refractivity contribution in [1.29, 1.82) is 0 Å². The maximum absolute atomic E-state index is 13.1. The van der Waals surface area contributed by atoms with Gasteiger partial charge in [0.15, 0.2) is 6.10 Å². The molecule has 2 aromatic rings. The molecule has 7 heteroatoms. The van der Waals surface area contributed by atoms with Crippen LogP contribution in [0.5, 0.6) is 5.75 Å². The minimum atomic E-state index is -0.565. The van der Waals surface area contributed by atoms with Gasteiger partial charge in [0.2, 0.25) is 0 Å². The smallest absolute Gasteiger partial charge is 0.264 e. The number of carbonyl (C=O) groups is 1. The van der Waals surface area contributed by atoms with Gasteiger partial charge >= 0.3 is 0 Å². The summed E-state index contributed by atoms with van der Waals surface area (Å²) < 4.78 is 6.21. The summed E-state index contributed by atoms with van der Waals surface area (Å²) in [6.45, 7) is 1.78. The summed E-state index contributed by atoms with van der Waals surface area (Å²) in [7, 11) is 0. The highest BCUT2D eigenvalue weighted by molar-refractivity contribution is 6.31. The molecule has 150 valence electrons. The number of benzene rings is 1. The molecule has 0 saturated carbocycles. The molecule has 6 nitrogen and oxygen atoms in total. The number of nitrogens with zero attached hydrogens (tertiary/aromatic N) is 2. The van der Waals surface area contributed by atoms with Crippen molar-refractivity contribution in [2.45, 2.75) is 25.0 Å². The number of allylic oxidation sites excluding steroid dienone is 1. The van der Waals surface area contributed by atoms with E-state index in [1.807, 2.05) is 24.4 Å². The normalized spacial score (nSPS) is 22.3. The number of hydrogen-bond donors (Lipinski definition) is 2. The van der Waals surface area contributed by atoms with Crippen molar-refractivity contribution < 1.29 is 14.6 Å². The summed E-state index contributed by atoms with van der Waals surface area (Å²) in [5.41, 5.74) is 5.01. The zero-order chi connectivity index (χ0) is 20.0. The van der Waals surface area contributed by atoms with Crippen molar-refractivity contribution in [2.24, 2.45) is 0 Å². The van der Waals surface area contributed by atoms with Crippen molar-refractivity contribution in [2.75, 3.05) is 26.2 Å². The molecule has 29 heavy (non-hydrogen) atoms. The molecule has 0 radical (unpaired) electrons. The van der Waals surface area contributed by atoms with Gasteiger partial charge in [0.05, 0.1) is 12.3 Å². The van der Waals surface area contributed by atoms with Gasteiger partial charge in [-0.1, -0.05) is 23.8 Å². The first kappa shape index (κ1) is 18.6. The number of ether oxygens (including phenoxy) is 1. The van der Waals surface area contributed by atoms with E-state index in [-0.39, 0.29) is 18.6 Å². The van der Waals surface area contributed by atoms with Gasteiger partial charge in [-0.25, -0.2) is 0 Å². The highest BCUT2D eigenvalue weighted by Gasteiger charge is 2.36. The first-order valence-corrected chi connectivity index (χ1v) is 10.3. The van der Waals surface area contributed by atoms with E-state index in [0.717, 1.165) is 40.1 Å². The third-order valence-electron chi connectivity index (χ3n) is 5.82. The summed E-state index contributed by atoms with van der Waals surface area (Å²) in [4.78, 5) is 19.3. The second kappa shape index (κ2) is 7.44. The predicted octanol–water partition coefficient (Wildman–Crippen LogP) is 2.07. The van der Waals surface area contributed by atoms with Crippen LogP contribution in [0.2, 0.25) is 5.02 Å². The van der Waals surface area contributed by atoms with Gasteiger partial charge in [-0.2, -0.15) is 0 Å². The van der Waals surface area contributed by atoms with E-state index in [0.29, 0.717) is 31.1 Å². The van der Waals surface area contributed by atoms with E-state index in [1.165, 1.54) is 0 Å². The van der Waals surface area contributed by atoms with Crippen molar-refractivity contribution >= 4 is 23.6 Å². The number of aliphatic hydroxyl groups is 1. The lowest BCUT2D eigenvalue weighted by Gasteiger charge is -2.34. The maximum Gasteiger partial charge on any atom is 0.264 e. The number of amides is 1. The topological polar surface area (TPSA) is 74.7 Å². The lowest BCUT2D eigenvalue weighted by Crippen LogP contribution is -2.56. The number of halogens is 1. The second-order valence-corrected chi connectivity index (χ2v) is 8.13. The molecular formula is C22H22ClN3O3. The lowest BCUT2D eigenvalue weighted by molar-refractivity contribution is -0.139. The van der Waals surface area contributed by atoms with E-state index in [1.54, 1.807) is 4.90 Å². The van der Waals surface area contributed by atoms with Crippen LogP contribution in [0.1, 0.15) is 16.8 Å². The molecule has 3 heterocycles. The molecular weight excluding hydrogens is 390 g/mol. The number of piperazine rings is 1. The second-order valence-electron chi connectivity index (χ2n) is 7.70. The molecule has 1 unspecified atom stereocenters. The molecule has 1 saturated heterocycles. The minimum Gasteiger partial charge on any atom is -0.479 e. The van der Waals surface area contributed by atoms with Gasteiger partial charge in [0.1, 0.15) is 5.75 Å². The van der Waals surface area contributed by atoms with Gasteiger partial charge in [0, 0.05) is 66.4 Å². The van der Waals surface area contributed by atoms with E-state index in [4.69, 9.17) is 16.3 Å². The molecule has 2 aliphatic heterocycles. The molecule has 2 atom stereocenters. The fourth-order valence-corrected chi connectivity index (χ4v) is 4.64. The van der Waals surface area contributed by atoms with Crippen molar-refractivity contribution in [3.63, 3.8) is 0 Å². The van der Waals surface area contributed by atoms with Crippen LogP contribution in [-0.4, -0.2) is 59.3 Å². The molecule has 1 fully saturated rings. The van der Waals surface area contributed by atoms with Gasteiger partial charge in [-0.15, -0.1) is 0 Å². The van der Waals surface area contributed by atoms with E-state index >= 15 is 0 Å². The Morgan fingerprint density at radius 3 is 3.14 bits per heavy atom. The molecule has 3 aliphatic rings. The third-order valence-corrected chi connectivity index (χ3v) is 6.04. The number of pyridine rings is 1. The number of nitrogens with one attached hydrogen (secondary N) is 1. The Kier molecular flexibility index (Phi) is 4.78. The summed E-state index contributed by atoms with van der Waals surface area (Å²) in [5, 5.41) is 13.2. The largest absolute Gasteiger partial charge is 0.479 e. The fraction of sp³-hybridized carbons (Fsp3) is 0.364. The number of rotatable bonds is 3. The zero-order valence-corrected chi connectivity index (χ0v) is 16.7. The number of carbonyl (C=O) groups excluding carboxylic acids is 1. The van der Waals surface area contributed by atoms with E-state index < -0.39 is 6.10 Å². The Balaban J connectivity index is 1.46. The minimum absolute atomic E-state index is 0.00988. The van der Waals surface area contributed by atoms with E-state index in [2.05, 4.69) is 22.5 Å². The van der Waals surface area contributed by atoms with Crippen LogP contribution in [0, 0.1) is 0 Å². The molecule has 1 amide bonds. The molecule has 0 spiro atoms. The third kappa shape index (κ3) is 3.31. The summed E-state index contributed by atoms with van der Waals surface area (Å²) in [6, 6.07) is 5.68. The molecule has 1 aliphatic carbocycles. The molecule has 0 bridgehead atoms. The van der Waals surface area contributed by atoms with Crippen LogP contribution in [0.15, 0.2) is 30.5 Å². The van der Waals surface area contributed by atoms with Crippen molar-refractivity contribution in [3.05, 3.63) is 52.3 Å². The number of fused-ring (bicyclic) bond motifs is 2. The highest BCUT2D eigenvalue weighted by Crippen LogP contribution is 2.43. The highest BCUT2D eigenvalue weighted by atomic mass is 35.5. The van der Waals surface area contributed by atoms with Crippen molar-refractivity contribution in [3.8, 4) is 16.9 Å². The summed E-state index contributed by atoms with van der Waals surface area (Å²) in [6.07, 6.45) is 6.74. The lowest BCUT2D eigenvalue weighted by atomic mass is 9.97. The van der Waals surface area contributed by atoms with Crippen LogP contribution < -0.4 is 10.1 Å². The Bertz CT molecular complexity index is 1010. The average Bonchev–Trinajstić information content (AvgIpc) is 3.39. The monoisotopic (exact) mass is 411 g/mol. The average molecular weight is 412 g/mol. The first-order chi connectivity index (χ1) is 14.1. The van der Waals surface area contributed by atoms with Crippen LogP contribution in [0.3, 0.4) is 0 Å². The summed E-state index contributed by atoms with van der Waals surface area (Å²) >= 11 is 6.42. The zero-order valence-electron chi connectivity index (χ0n) is 15.9. The molecule has 1 aromatic carbocycles. The first-order valence-electron chi connectivity index (χ1n) is 9.91. The van der Waals surface area contributed by atoms with Gasteiger partial charge in [0.25, 0.3) is 5.91 Å². The van der Waals surface area contributed by atoms with E-state index in [9.17, 15) is 9.90 Å². The quantitative estimate of drug-likeness (QED) is 0.808. The van der Waals surface area contributed by atoms with Crippen LogP contribution in [-0.2, 0) is 17.6 Å². The Morgan fingerprint density at radius 2 is 2.28 bits per heavy atom. The van der Waals surface area contributed by atoms with Gasteiger partial charge < -0.3 is 20.1 Å². The summed E-state index contributed by atoms with van der Waals surface area (Å²) in [5.74, 6) is 0.693. The SMILES string of the molecule is O=C(C1Cc2cc(Cl)cc(-c3ccnc4c3C=CC4)c2O1)N1CCN[C@H](CO)C1. The maximum atomic E-state index is 13.1. The Morgan fingerprint density at radius 1 is 1.38 bits per heavy atom. The van der Waals surface area contributed by atoms with Gasteiger partial charge in [-0.05, 0) is 23.8 Å². The molecule has 5 rings (SSSR count).